The van der Waals surface area contributed by atoms with Gasteiger partial charge in [-0.2, -0.15) is 0 Å². The lowest BCUT2D eigenvalue weighted by Crippen LogP contribution is -2.13. The number of aryl methyl sites for hydroxylation is 1. The number of carboxylic acid groups (broad SMARTS) is 1. The van der Waals surface area contributed by atoms with Crippen molar-refractivity contribution >= 4 is 17.7 Å². The number of aromatic nitrogens is 2. The Hall–Kier alpha value is -0.970. The highest BCUT2D eigenvalue weighted by Gasteiger charge is 2.22. The number of hydrogen-bond donors (Lipinski definition) is 1. The van der Waals surface area contributed by atoms with Gasteiger partial charge in [0, 0.05) is 17.9 Å². The van der Waals surface area contributed by atoms with Crippen LogP contribution in [0.15, 0.2) is 11.4 Å². The van der Waals surface area contributed by atoms with E-state index in [2.05, 4.69) is 23.4 Å². The van der Waals surface area contributed by atoms with Crippen LogP contribution in [0.3, 0.4) is 0 Å². The van der Waals surface area contributed by atoms with Gasteiger partial charge in [-0.05, 0) is 31.6 Å². The first-order valence-electron chi connectivity index (χ1n) is 7.52. The lowest BCUT2D eigenvalue weighted by atomic mass is 10.0. The summed E-state index contributed by atoms with van der Waals surface area (Å²) < 4.78 is 2.31. The monoisotopic (exact) mass is 296 g/mol. The van der Waals surface area contributed by atoms with E-state index in [1.807, 2.05) is 6.20 Å². The molecule has 0 saturated heterocycles. The van der Waals surface area contributed by atoms with E-state index < -0.39 is 5.97 Å². The second-order valence-corrected chi connectivity index (χ2v) is 6.65. The summed E-state index contributed by atoms with van der Waals surface area (Å²) >= 11 is 1.34. The zero-order valence-electron chi connectivity index (χ0n) is 12.3. The van der Waals surface area contributed by atoms with Gasteiger partial charge in [0.2, 0.25) is 0 Å². The normalized spacial score (nSPS) is 23.5. The fourth-order valence-electron chi connectivity index (χ4n) is 2.99. The summed E-state index contributed by atoms with van der Waals surface area (Å²) in [4.78, 5) is 15.2. The molecule has 0 aliphatic heterocycles. The molecule has 1 aliphatic carbocycles. The second kappa shape index (κ2) is 7.16. The Labute approximate surface area is 125 Å². The molecule has 2 unspecified atom stereocenters. The molecule has 2 rings (SSSR count). The van der Waals surface area contributed by atoms with Crippen molar-refractivity contribution in [2.24, 2.45) is 5.92 Å². The zero-order valence-corrected chi connectivity index (χ0v) is 13.2. The van der Waals surface area contributed by atoms with Crippen LogP contribution in [0.25, 0.3) is 0 Å². The molecule has 1 aromatic heterocycles. The average Bonchev–Trinajstić information content (AvgIpc) is 2.71. The van der Waals surface area contributed by atoms with E-state index in [1.54, 1.807) is 0 Å². The van der Waals surface area contributed by atoms with Crippen LogP contribution in [-0.4, -0.2) is 26.4 Å². The van der Waals surface area contributed by atoms with E-state index in [-0.39, 0.29) is 5.75 Å². The summed E-state index contributed by atoms with van der Waals surface area (Å²) in [5.74, 6) is 0.115. The first-order valence-corrected chi connectivity index (χ1v) is 8.51. The first-order chi connectivity index (χ1) is 9.61. The zero-order chi connectivity index (χ0) is 14.5. The van der Waals surface area contributed by atoms with Crippen molar-refractivity contribution in [2.45, 2.75) is 63.6 Å². The van der Waals surface area contributed by atoms with E-state index in [0.717, 1.165) is 17.5 Å². The molecule has 1 N–H and O–H groups in total. The molecule has 112 valence electrons. The summed E-state index contributed by atoms with van der Waals surface area (Å²) in [5.41, 5.74) is 1.23. The van der Waals surface area contributed by atoms with Crippen molar-refractivity contribution in [1.82, 2.24) is 9.55 Å². The van der Waals surface area contributed by atoms with Crippen LogP contribution < -0.4 is 0 Å². The topological polar surface area (TPSA) is 55.1 Å². The van der Waals surface area contributed by atoms with Crippen LogP contribution in [0.2, 0.25) is 0 Å². The molecule has 1 saturated carbocycles. The molecule has 4 nitrogen and oxygen atoms in total. The molecule has 5 heteroatoms. The van der Waals surface area contributed by atoms with E-state index in [1.165, 1.54) is 49.6 Å². The largest absolute Gasteiger partial charge is 0.481 e. The lowest BCUT2D eigenvalue weighted by Gasteiger charge is -2.21. The Morgan fingerprint density at radius 3 is 2.95 bits per heavy atom. The third kappa shape index (κ3) is 3.78. The van der Waals surface area contributed by atoms with Crippen LogP contribution in [0.5, 0.6) is 0 Å². The number of aliphatic carboxylic acids is 1. The molecule has 0 spiro atoms. The summed E-state index contributed by atoms with van der Waals surface area (Å²) in [6.45, 7) is 4.47. The summed E-state index contributed by atoms with van der Waals surface area (Å²) in [6.07, 6.45) is 9.07. The summed E-state index contributed by atoms with van der Waals surface area (Å²) in [5, 5.41) is 9.74. The highest BCUT2D eigenvalue weighted by Crippen LogP contribution is 2.34. The standard InChI is InChI=1S/C15H24N2O2S/c1-3-12-9-16-15(20-10-14(18)19)17(12)13-6-4-5-11(2)7-8-13/h9,11,13H,3-8,10H2,1-2H3,(H,18,19). The van der Waals surface area contributed by atoms with Gasteiger partial charge >= 0.3 is 5.97 Å². The molecule has 1 heterocycles. The van der Waals surface area contributed by atoms with E-state index in [9.17, 15) is 4.79 Å². The van der Waals surface area contributed by atoms with Crippen molar-refractivity contribution in [1.29, 1.82) is 0 Å². The third-order valence-corrected chi connectivity index (χ3v) is 5.07. The maximum atomic E-state index is 10.8. The van der Waals surface area contributed by atoms with Gasteiger partial charge in [0.15, 0.2) is 5.16 Å². The van der Waals surface area contributed by atoms with Crippen LogP contribution in [-0.2, 0) is 11.2 Å². The summed E-state index contributed by atoms with van der Waals surface area (Å²) in [6, 6.07) is 0.494. The number of carboxylic acids is 1. The number of thioether (sulfide) groups is 1. The van der Waals surface area contributed by atoms with E-state index in [0.29, 0.717) is 6.04 Å². The van der Waals surface area contributed by atoms with Gasteiger partial charge < -0.3 is 9.67 Å². The molecule has 0 radical (unpaired) electrons. The lowest BCUT2D eigenvalue weighted by molar-refractivity contribution is -0.133. The van der Waals surface area contributed by atoms with Crippen molar-refractivity contribution in [2.75, 3.05) is 5.75 Å². The van der Waals surface area contributed by atoms with Crippen molar-refractivity contribution in [3.05, 3.63) is 11.9 Å². The van der Waals surface area contributed by atoms with Gasteiger partial charge in [0.1, 0.15) is 0 Å². The quantitative estimate of drug-likeness (QED) is 0.664. The number of imidazole rings is 1. The van der Waals surface area contributed by atoms with Gasteiger partial charge in [-0.3, -0.25) is 4.79 Å². The third-order valence-electron chi connectivity index (χ3n) is 4.12. The Balaban J connectivity index is 2.18. The molecular formula is C15H24N2O2S. The van der Waals surface area contributed by atoms with Gasteiger partial charge in [-0.25, -0.2) is 4.98 Å². The smallest absolute Gasteiger partial charge is 0.313 e. The second-order valence-electron chi connectivity index (χ2n) is 5.71. The first kappa shape index (κ1) is 15.4. The number of carbonyl (C=O) groups is 1. The minimum atomic E-state index is -0.780. The van der Waals surface area contributed by atoms with Crippen molar-refractivity contribution < 1.29 is 9.90 Å². The number of nitrogens with zero attached hydrogens (tertiary/aromatic N) is 2. The van der Waals surface area contributed by atoms with Crippen LogP contribution in [0.1, 0.15) is 57.7 Å². The Morgan fingerprint density at radius 1 is 1.45 bits per heavy atom. The van der Waals surface area contributed by atoms with E-state index >= 15 is 0 Å². The van der Waals surface area contributed by atoms with Crippen molar-refractivity contribution in [3.8, 4) is 0 Å². The van der Waals surface area contributed by atoms with Crippen LogP contribution >= 0.6 is 11.8 Å². The molecule has 20 heavy (non-hydrogen) atoms. The van der Waals surface area contributed by atoms with E-state index in [4.69, 9.17) is 5.11 Å². The molecule has 0 bridgehead atoms. The predicted octanol–water partition coefficient (Wildman–Crippen LogP) is 3.76. The molecule has 1 aromatic rings. The maximum Gasteiger partial charge on any atom is 0.313 e. The summed E-state index contributed by atoms with van der Waals surface area (Å²) in [7, 11) is 0. The SMILES string of the molecule is CCc1cnc(SCC(=O)O)n1C1CCCC(C)CC1. The molecule has 2 atom stereocenters. The van der Waals surface area contributed by atoms with Gasteiger partial charge in [-0.1, -0.05) is 38.5 Å². The highest BCUT2D eigenvalue weighted by atomic mass is 32.2. The van der Waals surface area contributed by atoms with Crippen LogP contribution in [0, 0.1) is 5.92 Å². The minimum Gasteiger partial charge on any atom is -0.481 e. The Kier molecular flexibility index (Phi) is 5.52. The Morgan fingerprint density at radius 2 is 2.25 bits per heavy atom. The van der Waals surface area contributed by atoms with Gasteiger partial charge in [0.05, 0.1) is 5.75 Å². The van der Waals surface area contributed by atoms with Crippen molar-refractivity contribution in [3.63, 3.8) is 0 Å². The highest BCUT2D eigenvalue weighted by molar-refractivity contribution is 7.99. The number of hydrogen-bond acceptors (Lipinski definition) is 3. The number of rotatable bonds is 5. The molecule has 0 amide bonds. The molecule has 1 fully saturated rings. The fraction of sp³-hybridized carbons (Fsp3) is 0.733. The Bertz CT molecular complexity index is 459. The van der Waals surface area contributed by atoms with Crippen LogP contribution in [0.4, 0.5) is 0 Å². The molecule has 1 aliphatic rings. The predicted molar refractivity (Wildman–Crippen MR) is 81.3 cm³/mol. The van der Waals surface area contributed by atoms with Gasteiger partial charge in [0.25, 0.3) is 0 Å². The fourth-order valence-corrected chi connectivity index (χ4v) is 3.77. The van der Waals surface area contributed by atoms with Gasteiger partial charge in [-0.15, -0.1) is 0 Å². The maximum absolute atomic E-state index is 10.8. The minimum absolute atomic E-state index is 0.0866. The average molecular weight is 296 g/mol. The molecule has 0 aromatic carbocycles. The molecular weight excluding hydrogens is 272 g/mol.